The monoisotopic (exact) mass is 268 g/mol. The van der Waals surface area contributed by atoms with Gasteiger partial charge in [0, 0.05) is 25.2 Å². The molecule has 1 unspecified atom stereocenters. The van der Waals surface area contributed by atoms with E-state index in [4.69, 9.17) is 0 Å². The van der Waals surface area contributed by atoms with Gasteiger partial charge in [-0.1, -0.05) is 36.4 Å². The minimum atomic E-state index is -0.452. The highest BCUT2D eigenvalue weighted by molar-refractivity contribution is 5.42. The summed E-state index contributed by atoms with van der Waals surface area (Å²) < 4.78 is 0. The van der Waals surface area contributed by atoms with E-state index in [0.29, 0.717) is 5.92 Å². The van der Waals surface area contributed by atoms with Gasteiger partial charge in [-0.15, -0.1) is 0 Å². The fourth-order valence-corrected chi connectivity index (χ4v) is 2.80. The van der Waals surface area contributed by atoms with Crippen LogP contribution in [0.2, 0.25) is 0 Å². The number of aliphatic hydroxyl groups is 1. The molecule has 0 amide bonds. The molecular weight excluding hydrogens is 248 g/mol. The summed E-state index contributed by atoms with van der Waals surface area (Å²) in [6, 6.07) is 14.7. The Hall–Kier alpha value is -1.87. The van der Waals surface area contributed by atoms with Crippen molar-refractivity contribution in [3.05, 3.63) is 59.8 Å². The predicted molar refractivity (Wildman–Crippen MR) is 80.9 cm³/mol. The molecular formula is C17H20N2O. The normalized spacial score (nSPS) is 20.1. The molecule has 0 aliphatic carbocycles. The molecule has 1 fully saturated rings. The molecule has 20 heavy (non-hydrogen) atoms. The van der Waals surface area contributed by atoms with Crippen LogP contribution >= 0.6 is 0 Å². The van der Waals surface area contributed by atoms with Crippen molar-refractivity contribution in [2.45, 2.75) is 25.4 Å². The van der Waals surface area contributed by atoms with E-state index in [2.05, 4.69) is 40.2 Å². The first-order chi connectivity index (χ1) is 9.74. The maximum Gasteiger partial charge on any atom is 0.128 e. The van der Waals surface area contributed by atoms with Crippen molar-refractivity contribution in [2.24, 2.45) is 0 Å². The fourth-order valence-electron chi connectivity index (χ4n) is 2.80. The molecule has 0 radical (unpaired) electrons. The Balaban J connectivity index is 1.71. The van der Waals surface area contributed by atoms with Crippen molar-refractivity contribution >= 4 is 5.82 Å². The number of aliphatic hydroxyl groups excluding tert-OH is 1. The lowest BCUT2D eigenvalue weighted by atomic mass is 9.99. The SMILES string of the molecule is C[C@@H](O)c1ccc(N2CCC(c3ccccc3)C2)nc1. The van der Waals surface area contributed by atoms with E-state index in [-0.39, 0.29) is 0 Å². The quantitative estimate of drug-likeness (QED) is 0.929. The lowest BCUT2D eigenvalue weighted by Gasteiger charge is -2.18. The van der Waals surface area contributed by atoms with Crippen LogP contribution in [-0.4, -0.2) is 23.2 Å². The van der Waals surface area contributed by atoms with Crippen molar-refractivity contribution in [2.75, 3.05) is 18.0 Å². The van der Waals surface area contributed by atoms with E-state index in [9.17, 15) is 5.11 Å². The van der Waals surface area contributed by atoms with Crippen LogP contribution in [0.5, 0.6) is 0 Å². The number of nitrogens with zero attached hydrogens (tertiary/aromatic N) is 2. The summed E-state index contributed by atoms with van der Waals surface area (Å²) in [5, 5.41) is 9.52. The average Bonchev–Trinajstić information content (AvgIpc) is 2.98. The first kappa shape index (κ1) is 13.1. The van der Waals surface area contributed by atoms with E-state index >= 15 is 0 Å². The zero-order chi connectivity index (χ0) is 13.9. The summed E-state index contributed by atoms with van der Waals surface area (Å²) in [4.78, 5) is 6.80. The van der Waals surface area contributed by atoms with Crippen molar-refractivity contribution in [1.29, 1.82) is 0 Å². The molecule has 0 bridgehead atoms. The maximum atomic E-state index is 9.52. The van der Waals surface area contributed by atoms with Crippen molar-refractivity contribution in [1.82, 2.24) is 4.98 Å². The molecule has 3 heteroatoms. The number of rotatable bonds is 3. The van der Waals surface area contributed by atoms with Gasteiger partial charge in [0.05, 0.1) is 6.10 Å². The van der Waals surface area contributed by atoms with Gasteiger partial charge in [0.25, 0.3) is 0 Å². The Kier molecular flexibility index (Phi) is 3.70. The smallest absolute Gasteiger partial charge is 0.128 e. The van der Waals surface area contributed by atoms with Crippen LogP contribution < -0.4 is 4.90 Å². The van der Waals surface area contributed by atoms with Crippen LogP contribution in [0.1, 0.15) is 36.5 Å². The standard InChI is InChI=1S/C17H20N2O/c1-13(20)15-7-8-17(18-11-15)19-10-9-16(12-19)14-5-3-2-4-6-14/h2-8,11,13,16,20H,9-10,12H2,1H3/t13-,16?/m1/s1. The van der Waals surface area contributed by atoms with Crippen molar-refractivity contribution < 1.29 is 5.11 Å². The Bertz CT molecular complexity index is 551. The zero-order valence-corrected chi connectivity index (χ0v) is 11.7. The molecule has 0 spiro atoms. The third kappa shape index (κ3) is 2.68. The maximum absolute atomic E-state index is 9.52. The Morgan fingerprint density at radius 1 is 1.20 bits per heavy atom. The lowest BCUT2D eigenvalue weighted by Crippen LogP contribution is -2.20. The fraction of sp³-hybridized carbons (Fsp3) is 0.353. The van der Waals surface area contributed by atoms with Gasteiger partial charge in [-0.05, 0) is 30.5 Å². The van der Waals surface area contributed by atoms with Crippen LogP contribution in [0.15, 0.2) is 48.7 Å². The molecule has 1 N–H and O–H groups in total. The van der Waals surface area contributed by atoms with E-state index in [1.807, 2.05) is 12.1 Å². The van der Waals surface area contributed by atoms with Crippen molar-refractivity contribution in [3.63, 3.8) is 0 Å². The molecule has 1 aliphatic heterocycles. The Morgan fingerprint density at radius 3 is 2.65 bits per heavy atom. The van der Waals surface area contributed by atoms with E-state index in [0.717, 1.165) is 24.5 Å². The predicted octanol–water partition coefficient (Wildman–Crippen LogP) is 3.13. The molecule has 3 nitrogen and oxygen atoms in total. The molecule has 1 saturated heterocycles. The summed E-state index contributed by atoms with van der Waals surface area (Å²) >= 11 is 0. The Morgan fingerprint density at radius 2 is 2.00 bits per heavy atom. The summed E-state index contributed by atoms with van der Waals surface area (Å²) in [5.74, 6) is 1.60. The summed E-state index contributed by atoms with van der Waals surface area (Å²) in [6.07, 6.45) is 2.49. The third-order valence-corrected chi connectivity index (χ3v) is 4.04. The molecule has 1 aliphatic rings. The molecule has 2 heterocycles. The highest BCUT2D eigenvalue weighted by Crippen LogP contribution is 2.29. The van der Waals surface area contributed by atoms with Gasteiger partial charge in [-0.25, -0.2) is 4.98 Å². The number of benzene rings is 1. The number of pyridine rings is 1. The number of aromatic nitrogens is 1. The molecule has 1 aromatic heterocycles. The molecule has 1 aromatic carbocycles. The van der Waals surface area contributed by atoms with E-state index in [1.165, 1.54) is 12.0 Å². The summed E-state index contributed by atoms with van der Waals surface area (Å²) in [7, 11) is 0. The second-order valence-electron chi connectivity index (χ2n) is 5.47. The van der Waals surface area contributed by atoms with Gasteiger partial charge in [-0.3, -0.25) is 0 Å². The average molecular weight is 268 g/mol. The highest BCUT2D eigenvalue weighted by atomic mass is 16.3. The lowest BCUT2D eigenvalue weighted by molar-refractivity contribution is 0.199. The topological polar surface area (TPSA) is 36.4 Å². The summed E-state index contributed by atoms with van der Waals surface area (Å²) in [5.41, 5.74) is 2.28. The first-order valence-corrected chi connectivity index (χ1v) is 7.18. The van der Waals surface area contributed by atoms with Crippen LogP contribution in [0.25, 0.3) is 0 Å². The van der Waals surface area contributed by atoms with Crippen molar-refractivity contribution in [3.8, 4) is 0 Å². The molecule has 3 rings (SSSR count). The molecule has 0 saturated carbocycles. The van der Waals surface area contributed by atoms with Gasteiger partial charge in [0.15, 0.2) is 0 Å². The van der Waals surface area contributed by atoms with Crippen LogP contribution in [0.3, 0.4) is 0 Å². The van der Waals surface area contributed by atoms with E-state index in [1.54, 1.807) is 13.1 Å². The minimum Gasteiger partial charge on any atom is -0.389 e. The third-order valence-electron chi connectivity index (χ3n) is 4.04. The van der Waals surface area contributed by atoms with E-state index < -0.39 is 6.10 Å². The molecule has 2 aromatic rings. The minimum absolute atomic E-state index is 0.452. The van der Waals surface area contributed by atoms with Gasteiger partial charge in [-0.2, -0.15) is 0 Å². The van der Waals surface area contributed by atoms with Gasteiger partial charge in [0.2, 0.25) is 0 Å². The number of hydrogen-bond donors (Lipinski definition) is 1. The summed E-state index contributed by atoms with van der Waals surface area (Å²) in [6.45, 7) is 3.82. The Labute approximate surface area is 119 Å². The molecule has 2 atom stereocenters. The first-order valence-electron chi connectivity index (χ1n) is 7.18. The molecule has 104 valence electrons. The van der Waals surface area contributed by atoms with Crippen LogP contribution in [-0.2, 0) is 0 Å². The van der Waals surface area contributed by atoms with Gasteiger partial charge >= 0.3 is 0 Å². The number of hydrogen-bond acceptors (Lipinski definition) is 3. The van der Waals surface area contributed by atoms with Gasteiger partial charge in [0.1, 0.15) is 5.82 Å². The van der Waals surface area contributed by atoms with Crippen LogP contribution in [0.4, 0.5) is 5.82 Å². The van der Waals surface area contributed by atoms with Crippen LogP contribution in [0, 0.1) is 0 Å². The largest absolute Gasteiger partial charge is 0.389 e. The second kappa shape index (κ2) is 5.63. The second-order valence-corrected chi connectivity index (χ2v) is 5.47. The highest BCUT2D eigenvalue weighted by Gasteiger charge is 2.24. The zero-order valence-electron chi connectivity index (χ0n) is 11.7. The number of anilines is 1. The van der Waals surface area contributed by atoms with Gasteiger partial charge < -0.3 is 10.0 Å².